The molecule has 3 amide bonds. The third-order valence-corrected chi connectivity index (χ3v) is 4.90. The first-order valence-corrected chi connectivity index (χ1v) is 8.57. The number of amides is 3. The highest BCUT2D eigenvalue weighted by atomic mass is 32.2. The van der Waals surface area contributed by atoms with Crippen molar-refractivity contribution in [1.82, 2.24) is 20.6 Å². The molecule has 2 heterocycles. The Kier molecular flexibility index (Phi) is 4.16. The summed E-state index contributed by atoms with van der Waals surface area (Å²) in [5.41, 5.74) is 5.87. The summed E-state index contributed by atoms with van der Waals surface area (Å²) in [6.45, 7) is 1.70. The average Bonchev–Trinajstić information content (AvgIpc) is 3.12. The van der Waals surface area contributed by atoms with Crippen LogP contribution in [0.5, 0.6) is 0 Å². The van der Waals surface area contributed by atoms with Gasteiger partial charge in [-0.25, -0.2) is 14.8 Å². The number of hydrogen-bond donors (Lipinski definition) is 3. The molecular formula is C13H15N5O2S2. The number of anilines is 1. The molecule has 0 radical (unpaired) electrons. The zero-order chi connectivity index (χ0) is 15.7. The van der Waals surface area contributed by atoms with E-state index in [-0.39, 0.29) is 11.9 Å². The minimum Gasteiger partial charge on any atom is -0.383 e. The maximum atomic E-state index is 12.0. The predicted octanol–water partition coefficient (Wildman–Crippen LogP) is 1.74. The van der Waals surface area contributed by atoms with E-state index in [9.17, 15) is 9.59 Å². The zero-order valence-electron chi connectivity index (χ0n) is 11.8. The Morgan fingerprint density at radius 1 is 1.45 bits per heavy atom. The lowest BCUT2D eigenvalue weighted by molar-refractivity contribution is -0.119. The molecule has 1 saturated carbocycles. The number of thiophene rings is 1. The van der Waals surface area contributed by atoms with Gasteiger partial charge in [0.25, 0.3) is 0 Å². The molecular weight excluding hydrogens is 322 g/mol. The van der Waals surface area contributed by atoms with Gasteiger partial charge < -0.3 is 11.1 Å². The summed E-state index contributed by atoms with van der Waals surface area (Å²) in [4.78, 5) is 32.9. The van der Waals surface area contributed by atoms with Crippen LogP contribution in [0.4, 0.5) is 10.6 Å². The van der Waals surface area contributed by atoms with Crippen LogP contribution in [0.15, 0.2) is 16.6 Å². The standard InChI is InChI=1S/C13H15N5O2S2/c1-6(10(19)17-12(20)15-7-2-3-7)22-13-16-9(14)8-4-5-21-11(8)18-13/h4-7H,2-3H2,1H3,(H2,14,16,18)(H2,15,17,19,20)/t6-/m1/s1. The highest BCUT2D eigenvalue weighted by molar-refractivity contribution is 8.00. The molecule has 22 heavy (non-hydrogen) atoms. The first-order chi connectivity index (χ1) is 10.5. The molecule has 0 saturated heterocycles. The third kappa shape index (κ3) is 3.47. The number of aromatic nitrogens is 2. The van der Waals surface area contributed by atoms with Gasteiger partial charge in [0.15, 0.2) is 5.16 Å². The Labute approximate surface area is 135 Å². The average molecular weight is 337 g/mol. The molecule has 0 unspecified atom stereocenters. The monoisotopic (exact) mass is 337 g/mol. The van der Waals surface area contributed by atoms with E-state index in [0.717, 1.165) is 23.1 Å². The molecule has 0 bridgehead atoms. The molecule has 1 aliphatic carbocycles. The van der Waals surface area contributed by atoms with Gasteiger partial charge in [-0.2, -0.15) is 0 Å². The molecule has 2 aromatic heterocycles. The number of thioether (sulfide) groups is 1. The van der Waals surface area contributed by atoms with Gasteiger partial charge in [-0.15, -0.1) is 11.3 Å². The predicted molar refractivity (Wildman–Crippen MR) is 86.8 cm³/mol. The van der Waals surface area contributed by atoms with Crippen molar-refractivity contribution in [3.05, 3.63) is 11.4 Å². The lowest BCUT2D eigenvalue weighted by Gasteiger charge is -2.11. The van der Waals surface area contributed by atoms with Crippen LogP contribution in [-0.2, 0) is 4.79 Å². The van der Waals surface area contributed by atoms with Crippen molar-refractivity contribution in [2.75, 3.05) is 5.73 Å². The smallest absolute Gasteiger partial charge is 0.321 e. The SMILES string of the molecule is C[C@@H](Sc1nc(N)c2ccsc2n1)C(=O)NC(=O)NC1CC1. The number of nitrogens with two attached hydrogens (primary N) is 1. The van der Waals surface area contributed by atoms with E-state index in [4.69, 9.17) is 5.73 Å². The fourth-order valence-electron chi connectivity index (χ4n) is 1.78. The molecule has 0 aliphatic heterocycles. The molecule has 4 N–H and O–H groups in total. The number of nitrogen functional groups attached to an aromatic ring is 1. The number of nitrogens with one attached hydrogen (secondary N) is 2. The van der Waals surface area contributed by atoms with Gasteiger partial charge in [0.1, 0.15) is 10.6 Å². The maximum absolute atomic E-state index is 12.0. The Morgan fingerprint density at radius 2 is 2.23 bits per heavy atom. The molecule has 1 atom stereocenters. The van der Waals surface area contributed by atoms with Crippen molar-refractivity contribution < 1.29 is 9.59 Å². The molecule has 1 fully saturated rings. The van der Waals surface area contributed by atoms with E-state index in [1.807, 2.05) is 11.4 Å². The normalized spacial score (nSPS) is 15.5. The molecule has 1 aliphatic rings. The van der Waals surface area contributed by atoms with Crippen LogP contribution >= 0.6 is 23.1 Å². The Bertz CT molecular complexity index is 728. The second-order valence-corrected chi connectivity index (χ2v) is 7.23. The number of carbonyl (C=O) groups excluding carboxylic acids is 2. The van der Waals surface area contributed by atoms with Crippen LogP contribution in [-0.4, -0.2) is 33.2 Å². The van der Waals surface area contributed by atoms with Gasteiger partial charge in [-0.05, 0) is 31.2 Å². The van der Waals surface area contributed by atoms with Crippen molar-refractivity contribution >= 4 is 51.1 Å². The summed E-state index contributed by atoms with van der Waals surface area (Å²) >= 11 is 2.64. The van der Waals surface area contributed by atoms with E-state index in [1.165, 1.54) is 23.1 Å². The van der Waals surface area contributed by atoms with Crippen LogP contribution in [0, 0.1) is 0 Å². The second kappa shape index (κ2) is 6.09. The second-order valence-electron chi connectivity index (χ2n) is 5.03. The van der Waals surface area contributed by atoms with Crippen LogP contribution in [0.2, 0.25) is 0 Å². The van der Waals surface area contributed by atoms with Crippen LogP contribution < -0.4 is 16.4 Å². The number of nitrogens with zero attached hydrogens (tertiary/aromatic N) is 2. The highest BCUT2D eigenvalue weighted by Crippen LogP contribution is 2.28. The Hall–Kier alpha value is -1.87. The highest BCUT2D eigenvalue weighted by Gasteiger charge is 2.25. The number of urea groups is 1. The van der Waals surface area contributed by atoms with Crippen LogP contribution in [0.3, 0.4) is 0 Å². The van der Waals surface area contributed by atoms with Crippen molar-refractivity contribution in [2.45, 2.75) is 36.2 Å². The number of fused-ring (bicyclic) bond motifs is 1. The van der Waals surface area contributed by atoms with Gasteiger partial charge in [0.05, 0.1) is 10.6 Å². The van der Waals surface area contributed by atoms with Gasteiger partial charge in [-0.3, -0.25) is 10.1 Å². The molecule has 2 aromatic rings. The molecule has 7 nitrogen and oxygen atoms in total. The fourth-order valence-corrected chi connectivity index (χ4v) is 3.39. The largest absolute Gasteiger partial charge is 0.383 e. The van der Waals surface area contributed by atoms with Gasteiger partial charge in [0.2, 0.25) is 5.91 Å². The molecule has 116 valence electrons. The first kappa shape index (κ1) is 15.0. The topological polar surface area (TPSA) is 110 Å². The molecule has 0 spiro atoms. The fraction of sp³-hybridized carbons (Fsp3) is 0.385. The van der Waals surface area contributed by atoms with Crippen LogP contribution in [0.1, 0.15) is 19.8 Å². The summed E-state index contributed by atoms with van der Waals surface area (Å²) in [6.07, 6.45) is 1.94. The van der Waals surface area contributed by atoms with Crippen molar-refractivity contribution in [3.8, 4) is 0 Å². The molecule has 3 rings (SSSR count). The van der Waals surface area contributed by atoms with Gasteiger partial charge >= 0.3 is 6.03 Å². The van der Waals surface area contributed by atoms with E-state index < -0.39 is 11.3 Å². The summed E-state index contributed by atoms with van der Waals surface area (Å²) < 4.78 is 0. The van der Waals surface area contributed by atoms with Gasteiger partial charge in [-0.1, -0.05) is 11.8 Å². The maximum Gasteiger partial charge on any atom is 0.321 e. The number of hydrogen-bond acceptors (Lipinski definition) is 7. The Morgan fingerprint density at radius 3 is 2.95 bits per heavy atom. The van der Waals surface area contributed by atoms with E-state index in [1.54, 1.807) is 6.92 Å². The van der Waals surface area contributed by atoms with Crippen molar-refractivity contribution in [3.63, 3.8) is 0 Å². The number of imide groups is 1. The van der Waals surface area contributed by atoms with Crippen molar-refractivity contribution in [1.29, 1.82) is 0 Å². The lowest BCUT2D eigenvalue weighted by atomic mass is 10.4. The van der Waals surface area contributed by atoms with E-state index in [0.29, 0.717) is 11.0 Å². The Balaban J connectivity index is 1.62. The van der Waals surface area contributed by atoms with E-state index in [2.05, 4.69) is 20.6 Å². The minimum absolute atomic E-state index is 0.208. The molecule has 9 heteroatoms. The van der Waals surface area contributed by atoms with Crippen molar-refractivity contribution in [2.24, 2.45) is 0 Å². The molecule has 0 aromatic carbocycles. The summed E-state index contributed by atoms with van der Waals surface area (Å²) in [5.74, 6) is 0.0180. The summed E-state index contributed by atoms with van der Waals surface area (Å²) in [6, 6.07) is 1.62. The minimum atomic E-state index is -0.498. The quantitative estimate of drug-likeness (QED) is 0.579. The zero-order valence-corrected chi connectivity index (χ0v) is 13.5. The summed E-state index contributed by atoms with van der Waals surface area (Å²) in [7, 11) is 0. The number of carbonyl (C=O) groups is 2. The van der Waals surface area contributed by atoms with Crippen LogP contribution in [0.25, 0.3) is 10.2 Å². The summed E-state index contributed by atoms with van der Waals surface area (Å²) in [5, 5.41) is 7.66. The van der Waals surface area contributed by atoms with E-state index >= 15 is 0 Å². The lowest BCUT2D eigenvalue weighted by Crippen LogP contribution is -2.43. The third-order valence-electron chi connectivity index (χ3n) is 3.13. The number of rotatable bonds is 4. The first-order valence-electron chi connectivity index (χ1n) is 6.81. The van der Waals surface area contributed by atoms with Gasteiger partial charge in [0, 0.05) is 6.04 Å².